The summed E-state index contributed by atoms with van der Waals surface area (Å²) < 4.78 is 38.1. The summed E-state index contributed by atoms with van der Waals surface area (Å²) in [5.74, 6) is 0. The van der Waals surface area contributed by atoms with Crippen molar-refractivity contribution in [1.82, 2.24) is 0 Å². The second kappa shape index (κ2) is 4.69. The van der Waals surface area contributed by atoms with Gasteiger partial charge in [0, 0.05) is 6.61 Å². The van der Waals surface area contributed by atoms with Gasteiger partial charge in [-0.1, -0.05) is 26.0 Å². The second-order valence-electron chi connectivity index (χ2n) is 5.15. The fourth-order valence-electron chi connectivity index (χ4n) is 1.69. The largest absolute Gasteiger partial charge is 0.416 e. The molecule has 0 radical (unpaired) electrons. The average molecular weight is 246 g/mol. The van der Waals surface area contributed by atoms with Gasteiger partial charge in [0.25, 0.3) is 0 Å². The molecule has 1 aromatic rings. The number of halogens is 3. The molecule has 0 amide bonds. The molecule has 1 N–H and O–H groups in total. The summed E-state index contributed by atoms with van der Waals surface area (Å²) in [6.45, 7) is 5.03. The van der Waals surface area contributed by atoms with E-state index in [0.717, 1.165) is 0 Å². The minimum atomic E-state index is -4.32. The van der Waals surface area contributed by atoms with Crippen molar-refractivity contribution < 1.29 is 18.3 Å². The van der Waals surface area contributed by atoms with Gasteiger partial charge >= 0.3 is 6.18 Å². The molecule has 0 aliphatic rings. The number of aliphatic hydroxyl groups excluding tert-OH is 1. The first-order valence-electron chi connectivity index (χ1n) is 5.43. The Morgan fingerprint density at radius 1 is 1.18 bits per heavy atom. The Morgan fingerprint density at radius 3 is 2.24 bits per heavy atom. The van der Waals surface area contributed by atoms with Crippen LogP contribution in [0.25, 0.3) is 0 Å². The number of alkyl halides is 3. The zero-order chi connectivity index (χ0) is 13.3. The average Bonchev–Trinajstić information content (AvgIpc) is 2.19. The summed E-state index contributed by atoms with van der Waals surface area (Å²) >= 11 is 0. The second-order valence-corrected chi connectivity index (χ2v) is 5.15. The summed E-state index contributed by atoms with van der Waals surface area (Å²) in [7, 11) is 0. The molecule has 0 saturated heterocycles. The van der Waals surface area contributed by atoms with Crippen molar-refractivity contribution in [3.63, 3.8) is 0 Å². The summed E-state index contributed by atoms with van der Waals surface area (Å²) in [5.41, 5.74) is -0.174. The zero-order valence-corrected chi connectivity index (χ0v) is 10.2. The number of hydrogen-bond acceptors (Lipinski definition) is 1. The van der Waals surface area contributed by atoms with Crippen LogP contribution in [0.1, 0.15) is 30.5 Å². The van der Waals surface area contributed by atoms with Gasteiger partial charge in [-0.3, -0.25) is 0 Å². The zero-order valence-electron chi connectivity index (χ0n) is 10.2. The fraction of sp³-hybridized carbons (Fsp3) is 0.538. The van der Waals surface area contributed by atoms with E-state index in [1.165, 1.54) is 19.1 Å². The molecule has 0 saturated carbocycles. The van der Waals surface area contributed by atoms with E-state index < -0.39 is 17.2 Å². The Labute approximate surface area is 99.3 Å². The first-order valence-corrected chi connectivity index (χ1v) is 5.43. The van der Waals surface area contributed by atoms with E-state index in [0.29, 0.717) is 12.0 Å². The maximum absolute atomic E-state index is 12.7. The Morgan fingerprint density at radius 2 is 1.76 bits per heavy atom. The van der Waals surface area contributed by atoms with Gasteiger partial charge in [0.2, 0.25) is 0 Å². The Bertz CT molecular complexity index is 394. The number of hydrogen-bond donors (Lipinski definition) is 1. The van der Waals surface area contributed by atoms with Crippen LogP contribution in [-0.4, -0.2) is 11.7 Å². The molecular formula is C13H17F3O. The van der Waals surface area contributed by atoms with E-state index in [1.807, 2.05) is 13.8 Å². The number of aryl methyl sites for hydroxylation is 1. The van der Waals surface area contributed by atoms with Gasteiger partial charge in [0.1, 0.15) is 0 Å². The minimum Gasteiger partial charge on any atom is -0.396 e. The van der Waals surface area contributed by atoms with Crippen LogP contribution in [0, 0.1) is 12.3 Å². The predicted molar refractivity (Wildman–Crippen MR) is 60.8 cm³/mol. The molecule has 0 unspecified atom stereocenters. The molecule has 0 spiro atoms. The highest BCUT2D eigenvalue weighted by Gasteiger charge is 2.32. The SMILES string of the molecule is Cc1ccc(CC(C)(C)CO)cc1C(F)(F)F. The lowest BCUT2D eigenvalue weighted by molar-refractivity contribution is -0.138. The highest BCUT2D eigenvalue weighted by molar-refractivity contribution is 5.33. The molecule has 0 heterocycles. The molecule has 0 bridgehead atoms. The van der Waals surface area contributed by atoms with Gasteiger partial charge in [0.05, 0.1) is 5.56 Å². The third kappa shape index (κ3) is 3.73. The van der Waals surface area contributed by atoms with Crippen LogP contribution in [0.15, 0.2) is 18.2 Å². The van der Waals surface area contributed by atoms with E-state index in [-0.39, 0.29) is 12.2 Å². The van der Waals surface area contributed by atoms with E-state index in [2.05, 4.69) is 0 Å². The van der Waals surface area contributed by atoms with Crippen molar-refractivity contribution in [2.75, 3.05) is 6.61 Å². The first-order chi connectivity index (χ1) is 7.65. The van der Waals surface area contributed by atoms with Crippen LogP contribution in [0.4, 0.5) is 13.2 Å². The third-order valence-corrected chi connectivity index (χ3v) is 2.72. The standard InChI is InChI=1S/C13H17F3O/c1-9-4-5-10(7-12(2,3)8-17)6-11(9)13(14,15)16/h4-6,17H,7-8H2,1-3H3. The van der Waals surface area contributed by atoms with Crippen molar-refractivity contribution in [1.29, 1.82) is 0 Å². The van der Waals surface area contributed by atoms with E-state index in [1.54, 1.807) is 6.07 Å². The van der Waals surface area contributed by atoms with Gasteiger partial charge in [0.15, 0.2) is 0 Å². The molecule has 4 heteroatoms. The summed E-state index contributed by atoms with van der Waals surface area (Å²) in [4.78, 5) is 0. The molecule has 0 aromatic heterocycles. The molecule has 0 aliphatic heterocycles. The smallest absolute Gasteiger partial charge is 0.396 e. The molecule has 0 atom stereocenters. The normalized spacial score (nSPS) is 12.9. The predicted octanol–water partition coefficient (Wildman–Crippen LogP) is 3.57. The van der Waals surface area contributed by atoms with Gasteiger partial charge in [-0.05, 0) is 36.0 Å². The van der Waals surface area contributed by atoms with Gasteiger partial charge in [-0.15, -0.1) is 0 Å². The van der Waals surface area contributed by atoms with Crippen molar-refractivity contribution in [2.24, 2.45) is 5.41 Å². The van der Waals surface area contributed by atoms with Crippen LogP contribution >= 0.6 is 0 Å². The van der Waals surface area contributed by atoms with Gasteiger partial charge in [-0.2, -0.15) is 13.2 Å². The Balaban J connectivity index is 3.06. The van der Waals surface area contributed by atoms with E-state index >= 15 is 0 Å². The molecule has 1 aromatic carbocycles. The quantitative estimate of drug-likeness (QED) is 0.864. The van der Waals surface area contributed by atoms with Crippen LogP contribution in [0.5, 0.6) is 0 Å². The maximum atomic E-state index is 12.7. The van der Waals surface area contributed by atoms with Crippen molar-refractivity contribution >= 4 is 0 Å². The monoisotopic (exact) mass is 246 g/mol. The number of aliphatic hydroxyl groups is 1. The van der Waals surface area contributed by atoms with E-state index in [4.69, 9.17) is 5.11 Å². The lowest BCUT2D eigenvalue weighted by Gasteiger charge is -2.22. The van der Waals surface area contributed by atoms with Crippen LogP contribution < -0.4 is 0 Å². The first kappa shape index (κ1) is 14.0. The topological polar surface area (TPSA) is 20.2 Å². The van der Waals surface area contributed by atoms with Gasteiger partial charge < -0.3 is 5.11 Å². The van der Waals surface area contributed by atoms with Crippen LogP contribution in [-0.2, 0) is 12.6 Å². The molecule has 17 heavy (non-hydrogen) atoms. The number of benzene rings is 1. The maximum Gasteiger partial charge on any atom is 0.416 e. The Hall–Kier alpha value is -1.03. The summed E-state index contributed by atoms with van der Waals surface area (Å²) in [5, 5.41) is 9.12. The van der Waals surface area contributed by atoms with Crippen LogP contribution in [0.2, 0.25) is 0 Å². The van der Waals surface area contributed by atoms with E-state index in [9.17, 15) is 13.2 Å². The lowest BCUT2D eigenvalue weighted by Crippen LogP contribution is -2.20. The van der Waals surface area contributed by atoms with Crippen molar-refractivity contribution in [3.8, 4) is 0 Å². The molecule has 0 aliphatic carbocycles. The molecule has 96 valence electrons. The molecular weight excluding hydrogens is 229 g/mol. The van der Waals surface area contributed by atoms with Crippen molar-refractivity contribution in [3.05, 3.63) is 34.9 Å². The third-order valence-electron chi connectivity index (χ3n) is 2.72. The van der Waals surface area contributed by atoms with Gasteiger partial charge in [-0.25, -0.2) is 0 Å². The minimum absolute atomic E-state index is 0.0533. The van der Waals surface area contributed by atoms with Crippen LogP contribution in [0.3, 0.4) is 0 Å². The molecule has 0 fully saturated rings. The Kier molecular flexibility index (Phi) is 3.87. The summed E-state index contributed by atoms with van der Waals surface area (Å²) in [6.07, 6.45) is -3.89. The van der Waals surface area contributed by atoms with Crippen molar-refractivity contribution in [2.45, 2.75) is 33.4 Å². The fourth-order valence-corrected chi connectivity index (χ4v) is 1.69. The highest BCUT2D eigenvalue weighted by atomic mass is 19.4. The molecule has 1 nitrogen and oxygen atoms in total. The molecule has 1 rings (SSSR count). The highest BCUT2D eigenvalue weighted by Crippen LogP contribution is 2.33. The lowest BCUT2D eigenvalue weighted by atomic mass is 9.86. The summed E-state index contributed by atoms with van der Waals surface area (Å²) in [6, 6.07) is 4.33. The number of rotatable bonds is 3.